The van der Waals surface area contributed by atoms with Crippen molar-refractivity contribution < 1.29 is 33.3 Å². The van der Waals surface area contributed by atoms with Gasteiger partial charge in [-0.05, 0) is 56.4 Å². The van der Waals surface area contributed by atoms with Crippen LogP contribution >= 0.6 is 20.6 Å². The number of halogens is 1. The highest BCUT2D eigenvalue weighted by atomic mass is 32.1. The lowest BCUT2D eigenvalue weighted by molar-refractivity contribution is -0.132. The van der Waals surface area contributed by atoms with Crippen LogP contribution < -0.4 is 15.5 Å². The van der Waals surface area contributed by atoms with Crippen LogP contribution in [0, 0.1) is 17.1 Å². The molecule has 3 aliphatic heterocycles. The number of phenols is 1. The minimum atomic E-state index is -0.799. The second-order valence-corrected chi connectivity index (χ2v) is 15.9. The largest absolute Gasteiger partial charge is 0.505 e. The molecule has 51 heavy (non-hydrogen) atoms. The number of nitrogens with zero attached hydrogens (tertiary/aromatic N) is 5. The maximum absolute atomic E-state index is 15.5. The fourth-order valence-corrected chi connectivity index (χ4v) is 8.69. The number of nitriles is 1. The van der Waals surface area contributed by atoms with Crippen LogP contribution in [-0.2, 0) is 32.2 Å². The van der Waals surface area contributed by atoms with Gasteiger partial charge in [0.2, 0.25) is 11.9 Å². The molecule has 2 amide bonds. The Hall–Kier alpha value is -4.35. The van der Waals surface area contributed by atoms with Gasteiger partial charge in [-0.1, -0.05) is 6.07 Å². The van der Waals surface area contributed by atoms with Gasteiger partial charge in [0, 0.05) is 50.4 Å². The van der Waals surface area contributed by atoms with Gasteiger partial charge >= 0.3 is 6.09 Å². The van der Waals surface area contributed by atoms with Gasteiger partial charge in [-0.3, -0.25) is 10.1 Å². The Morgan fingerprint density at radius 3 is 2.69 bits per heavy atom. The molecule has 16 heteroatoms. The van der Waals surface area contributed by atoms with Crippen LogP contribution in [-0.4, -0.2) is 89.2 Å². The van der Waals surface area contributed by atoms with E-state index in [-0.39, 0.29) is 62.8 Å². The van der Waals surface area contributed by atoms with E-state index in [1.807, 2.05) is 4.90 Å². The monoisotopic (exact) mass is 735 g/mol. The molecule has 4 atom stereocenters. The number of ether oxygens (including phenoxy) is 3. The summed E-state index contributed by atoms with van der Waals surface area (Å²) < 4.78 is 32.7. The molecule has 0 bridgehead atoms. The van der Waals surface area contributed by atoms with Crippen LogP contribution in [0.25, 0.3) is 32.1 Å². The van der Waals surface area contributed by atoms with E-state index in [1.165, 1.54) is 12.1 Å². The van der Waals surface area contributed by atoms with E-state index < -0.39 is 23.6 Å². The van der Waals surface area contributed by atoms with E-state index in [2.05, 4.69) is 25.9 Å². The number of likely N-dealkylation sites (tertiary alicyclic amines) is 1. The van der Waals surface area contributed by atoms with E-state index in [0.717, 1.165) is 17.8 Å². The van der Waals surface area contributed by atoms with E-state index in [4.69, 9.17) is 24.2 Å². The Bertz CT molecular complexity index is 2130. The van der Waals surface area contributed by atoms with Crippen LogP contribution in [0.2, 0.25) is 0 Å². The van der Waals surface area contributed by atoms with Crippen molar-refractivity contribution in [3.63, 3.8) is 0 Å². The first-order chi connectivity index (χ1) is 24.3. The molecule has 2 saturated heterocycles. The number of aromatic nitrogens is 2. The van der Waals surface area contributed by atoms with Crippen LogP contribution in [0.1, 0.15) is 50.3 Å². The van der Waals surface area contributed by atoms with Gasteiger partial charge < -0.3 is 34.4 Å². The van der Waals surface area contributed by atoms with Crippen LogP contribution in [0.5, 0.6) is 5.75 Å². The Morgan fingerprint density at radius 2 is 1.98 bits per heavy atom. The Labute approximate surface area is 300 Å². The van der Waals surface area contributed by atoms with E-state index >= 15 is 4.39 Å². The topological polar surface area (TPSA) is 162 Å². The minimum absolute atomic E-state index is 0.0300. The first-order valence-corrected chi connectivity index (χ1v) is 18.1. The van der Waals surface area contributed by atoms with Gasteiger partial charge in [-0.15, -0.1) is 20.6 Å². The van der Waals surface area contributed by atoms with Crippen LogP contribution in [0.4, 0.5) is 26.0 Å². The second kappa shape index (κ2) is 13.3. The molecule has 2 aromatic carbocycles. The number of methoxy groups -OCH3 is 1. The number of fused-ring (bicyclic) bond motifs is 4. The van der Waals surface area contributed by atoms with Gasteiger partial charge in [0.1, 0.15) is 45.6 Å². The number of likely N-dealkylation sites (N-methyl/N-ethyl adjacent to an activating group) is 1. The molecular formula is C35H39FN7O6PS. The summed E-state index contributed by atoms with van der Waals surface area (Å²) in [7, 11) is 6.23. The standard InChI is InChI=1S/C35H39FN7O6PS/c1-35(2,3)49-34(46)41-31-17(11-37)25-16(8-9-20(36)29(25)51-31)24-18-14-48-15-19(18)26-27(28(24)44)39-33(43-12-22(47-5)23(50)13-43)40-30(26)38-21-7-6-10-42(4)32(21)45/h8-9,21-23,44H,6-7,10,12-15,50H2,1-5H3,(H,41,46)(H,38,39,40). The first-order valence-electron chi connectivity index (χ1n) is 16.7. The molecule has 0 aliphatic carbocycles. The van der Waals surface area contributed by atoms with Gasteiger partial charge in [-0.25, -0.2) is 14.2 Å². The molecular weight excluding hydrogens is 696 g/mol. The van der Waals surface area contributed by atoms with Crippen molar-refractivity contribution in [2.45, 2.75) is 70.2 Å². The molecule has 0 spiro atoms. The number of aromatic hydroxyl groups is 1. The highest BCUT2D eigenvalue weighted by molar-refractivity contribution is 7.23. The molecule has 7 rings (SSSR count). The number of amides is 2. The molecule has 2 aromatic heterocycles. The summed E-state index contributed by atoms with van der Waals surface area (Å²) >= 11 is 0.911. The van der Waals surface area contributed by atoms with Crippen molar-refractivity contribution in [2.24, 2.45) is 0 Å². The van der Waals surface area contributed by atoms with E-state index in [9.17, 15) is 20.0 Å². The van der Waals surface area contributed by atoms with Crippen molar-refractivity contribution >= 4 is 70.3 Å². The van der Waals surface area contributed by atoms with Crippen molar-refractivity contribution in [1.82, 2.24) is 14.9 Å². The van der Waals surface area contributed by atoms with Gasteiger partial charge in [0.15, 0.2) is 0 Å². The molecule has 3 aliphatic rings. The van der Waals surface area contributed by atoms with Gasteiger partial charge in [0.05, 0.1) is 35.0 Å². The number of phenolic OH excluding ortho intramolecular Hbond substituents is 1. The highest BCUT2D eigenvalue weighted by Crippen LogP contribution is 2.51. The fraction of sp³-hybridized carbons (Fsp3) is 0.457. The number of nitrogens with one attached hydrogen (secondary N) is 2. The minimum Gasteiger partial charge on any atom is -0.505 e. The molecule has 2 fully saturated rings. The molecule has 3 N–H and O–H groups in total. The molecule has 0 saturated carbocycles. The molecule has 268 valence electrons. The van der Waals surface area contributed by atoms with Gasteiger partial charge in [0.25, 0.3) is 0 Å². The maximum atomic E-state index is 15.5. The third-order valence-electron chi connectivity index (χ3n) is 9.47. The Morgan fingerprint density at radius 1 is 1.22 bits per heavy atom. The highest BCUT2D eigenvalue weighted by Gasteiger charge is 2.36. The number of carbonyl (C=O) groups excluding carboxylic acids is 2. The Balaban J connectivity index is 1.45. The van der Waals surface area contributed by atoms with Crippen molar-refractivity contribution in [3.8, 4) is 22.9 Å². The number of piperidine rings is 1. The van der Waals surface area contributed by atoms with E-state index in [0.29, 0.717) is 65.5 Å². The summed E-state index contributed by atoms with van der Waals surface area (Å²) in [5.74, 6) is -0.111. The lowest BCUT2D eigenvalue weighted by atomic mass is 9.90. The molecule has 4 unspecified atom stereocenters. The summed E-state index contributed by atoms with van der Waals surface area (Å²) in [6, 6.07) is 4.39. The number of hydrogen-bond donors (Lipinski definition) is 3. The predicted octanol–water partition coefficient (Wildman–Crippen LogP) is 5.72. The van der Waals surface area contributed by atoms with Crippen LogP contribution in [0.15, 0.2) is 12.1 Å². The summed E-state index contributed by atoms with van der Waals surface area (Å²) in [6.45, 7) is 7.18. The number of carbonyl (C=O) groups is 2. The zero-order chi connectivity index (χ0) is 36.4. The third-order valence-corrected chi connectivity index (χ3v) is 11.2. The second-order valence-electron chi connectivity index (χ2n) is 14.1. The molecule has 13 nitrogen and oxygen atoms in total. The molecule has 4 aromatic rings. The van der Waals surface area contributed by atoms with Gasteiger partial charge in [-0.2, -0.15) is 10.2 Å². The SMILES string of the molecule is COC1CN(c2nc(NC3CCCN(C)C3=O)c3c4c(c(-c5ccc(F)c6sc(NC(=O)OC(C)(C)C)c(C#N)c56)c(O)c3n2)COC4)CC1P. The number of benzene rings is 2. The zero-order valence-electron chi connectivity index (χ0n) is 28.9. The van der Waals surface area contributed by atoms with Crippen molar-refractivity contribution in [1.29, 1.82) is 5.26 Å². The third kappa shape index (κ3) is 6.28. The first kappa shape index (κ1) is 35.1. The van der Waals surface area contributed by atoms with Crippen LogP contribution in [0.3, 0.4) is 0 Å². The number of anilines is 3. The smallest absolute Gasteiger partial charge is 0.412 e. The molecule has 0 radical (unpaired) electrons. The predicted molar refractivity (Wildman–Crippen MR) is 196 cm³/mol. The summed E-state index contributed by atoms with van der Waals surface area (Å²) in [5.41, 5.74) is 1.61. The lowest BCUT2D eigenvalue weighted by Crippen LogP contribution is -2.45. The Kier molecular flexibility index (Phi) is 9.16. The fourth-order valence-electron chi connectivity index (χ4n) is 7.09. The van der Waals surface area contributed by atoms with Crippen molar-refractivity contribution in [2.75, 3.05) is 49.3 Å². The maximum Gasteiger partial charge on any atom is 0.412 e. The average molecular weight is 736 g/mol. The number of rotatable bonds is 6. The lowest BCUT2D eigenvalue weighted by Gasteiger charge is -2.30. The summed E-state index contributed by atoms with van der Waals surface area (Å²) in [4.78, 5) is 39.5. The quantitative estimate of drug-likeness (QED) is 0.208. The molecule has 5 heterocycles. The average Bonchev–Trinajstić information content (AvgIpc) is 3.80. The van der Waals surface area contributed by atoms with E-state index in [1.54, 1.807) is 39.8 Å². The number of hydrogen-bond acceptors (Lipinski definition) is 12. The number of thiophene rings is 1. The summed E-state index contributed by atoms with van der Waals surface area (Å²) in [5, 5.41) is 29.6. The summed E-state index contributed by atoms with van der Waals surface area (Å²) in [6.07, 6.45) is 0.553. The zero-order valence-corrected chi connectivity index (χ0v) is 30.9. The van der Waals surface area contributed by atoms with Crippen molar-refractivity contribution in [3.05, 3.63) is 34.6 Å². The normalized spacial score (nSPS) is 20.6.